The number of likely N-dealkylation sites (tertiary alicyclic amines) is 1. The number of rotatable bonds is 4. The minimum Gasteiger partial charge on any atom is -0.495 e. The molecule has 0 spiro atoms. The summed E-state index contributed by atoms with van der Waals surface area (Å²) in [6.45, 7) is 3.67. The van der Waals surface area contributed by atoms with Crippen molar-refractivity contribution in [3.8, 4) is 5.75 Å². The van der Waals surface area contributed by atoms with Crippen LogP contribution < -0.4 is 10.1 Å². The molecule has 20 heavy (non-hydrogen) atoms. The third-order valence-electron chi connectivity index (χ3n) is 3.68. The van der Waals surface area contributed by atoms with Gasteiger partial charge in [0.15, 0.2) is 0 Å². The first-order valence-electron chi connectivity index (χ1n) is 6.88. The van der Waals surface area contributed by atoms with Gasteiger partial charge >= 0.3 is 0 Å². The van der Waals surface area contributed by atoms with Gasteiger partial charge in [0.05, 0.1) is 24.9 Å². The topological polar surface area (TPSA) is 61.8 Å². The molecule has 110 valence electrons. The fourth-order valence-electron chi connectivity index (χ4n) is 2.33. The van der Waals surface area contributed by atoms with Crippen molar-refractivity contribution in [2.24, 2.45) is 0 Å². The van der Waals surface area contributed by atoms with E-state index in [0.29, 0.717) is 30.8 Å². The fourth-order valence-corrected chi connectivity index (χ4v) is 2.33. The number of methoxy groups -OCH3 is 1. The molecule has 0 bridgehead atoms. The van der Waals surface area contributed by atoms with E-state index in [9.17, 15) is 9.90 Å². The third-order valence-corrected chi connectivity index (χ3v) is 3.68. The molecule has 0 unspecified atom stereocenters. The SMILES string of the molecule is COc1ccccc1NC(=O)CN1CCC(C)(O)CC1. The smallest absolute Gasteiger partial charge is 0.238 e. The minimum absolute atomic E-state index is 0.0592. The summed E-state index contributed by atoms with van der Waals surface area (Å²) in [6.07, 6.45) is 1.41. The number of nitrogens with one attached hydrogen (secondary N) is 1. The first-order valence-corrected chi connectivity index (χ1v) is 6.88. The van der Waals surface area contributed by atoms with Crippen LogP contribution in [0.3, 0.4) is 0 Å². The number of amides is 1. The van der Waals surface area contributed by atoms with E-state index in [1.165, 1.54) is 0 Å². The molecule has 0 atom stereocenters. The highest BCUT2D eigenvalue weighted by atomic mass is 16.5. The zero-order valence-corrected chi connectivity index (χ0v) is 12.1. The van der Waals surface area contributed by atoms with Crippen LogP contribution in [0.4, 0.5) is 5.69 Å². The molecule has 1 fully saturated rings. The Morgan fingerprint density at radius 2 is 2.05 bits per heavy atom. The van der Waals surface area contributed by atoms with Gasteiger partial charge in [-0.3, -0.25) is 9.69 Å². The molecule has 1 heterocycles. The first kappa shape index (κ1) is 14.8. The van der Waals surface area contributed by atoms with Gasteiger partial charge in [-0.25, -0.2) is 0 Å². The van der Waals surface area contributed by atoms with Crippen LogP contribution in [0.25, 0.3) is 0 Å². The highest BCUT2D eigenvalue weighted by molar-refractivity contribution is 5.93. The summed E-state index contributed by atoms with van der Waals surface area (Å²) >= 11 is 0. The maximum atomic E-state index is 12.0. The van der Waals surface area contributed by atoms with Crippen LogP contribution in [0.1, 0.15) is 19.8 Å². The Labute approximate surface area is 119 Å². The average molecular weight is 278 g/mol. The van der Waals surface area contributed by atoms with E-state index in [1.807, 2.05) is 31.2 Å². The number of nitrogens with zero attached hydrogens (tertiary/aromatic N) is 1. The third kappa shape index (κ3) is 3.95. The lowest BCUT2D eigenvalue weighted by molar-refractivity contribution is -0.118. The lowest BCUT2D eigenvalue weighted by Crippen LogP contribution is -2.45. The standard InChI is InChI=1S/C15H22N2O3/c1-15(19)7-9-17(10-8-15)11-14(18)16-12-5-3-4-6-13(12)20-2/h3-6,19H,7-11H2,1-2H3,(H,16,18). The van der Waals surface area contributed by atoms with Crippen LogP contribution in [0.5, 0.6) is 5.75 Å². The van der Waals surface area contributed by atoms with Crippen molar-refractivity contribution >= 4 is 11.6 Å². The summed E-state index contributed by atoms with van der Waals surface area (Å²) < 4.78 is 5.20. The molecule has 2 rings (SSSR count). The summed E-state index contributed by atoms with van der Waals surface area (Å²) in [5, 5.41) is 12.7. The Morgan fingerprint density at radius 3 is 2.70 bits per heavy atom. The van der Waals surface area contributed by atoms with Gasteiger partial charge in [-0.15, -0.1) is 0 Å². The molecule has 1 aliphatic heterocycles. The van der Waals surface area contributed by atoms with Crippen LogP contribution in [-0.2, 0) is 4.79 Å². The van der Waals surface area contributed by atoms with Gasteiger partial charge < -0.3 is 15.2 Å². The van der Waals surface area contributed by atoms with E-state index in [4.69, 9.17) is 4.74 Å². The number of carbonyl (C=O) groups is 1. The predicted molar refractivity (Wildman–Crippen MR) is 77.9 cm³/mol. The molecule has 0 aliphatic carbocycles. The molecule has 0 radical (unpaired) electrons. The number of aliphatic hydroxyl groups is 1. The Morgan fingerprint density at radius 1 is 1.40 bits per heavy atom. The summed E-state index contributed by atoms with van der Waals surface area (Å²) in [4.78, 5) is 14.1. The molecular weight excluding hydrogens is 256 g/mol. The van der Waals surface area contributed by atoms with Crippen molar-refractivity contribution < 1.29 is 14.6 Å². The number of anilines is 1. The number of ether oxygens (including phenoxy) is 1. The number of para-hydroxylation sites is 2. The van der Waals surface area contributed by atoms with Crippen LogP contribution in [0, 0.1) is 0 Å². The first-order chi connectivity index (χ1) is 9.50. The molecule has 1 saturated heterocycles. The van der Waals surface area contributed by atoms with Gasteiger partial charge in [0.25, 0.3) is 0 Å². The highest BCUT2D eigenvalue weighted by Crippen LogP contribution is 2.24. The van der Waals surface area contributed by atoms with Crippen molar-refractivity contribution in [1.29, 1.82) is 0 Å². The normalized spacial score (nSPS) is 18.6. The van der Waals surface area contributed by atoms with Gasteiger partial charge in [0, 0.05) is 13.1 Å². The quantitative estimate of drug-likeness (QED) is 0.876. The van der Waals surface area contributed by atoms with E-state index in [2.05, 4.69) is 10.2 Å². The van der Waals surface area contributed by atoms with Crippen molar-refractivity contribution in [3.05, 3.63) is 24.3 Å². The van der Waals surface area contributed by atoms with E-state index < -0.39 is 5.60 Å². The van der Waals surface area contributed by atoms with E-state index in [-0.39, 0.29) is 5.91 Å². The van der Waals surface area contributed by atoms with E-state index in [1.54, 1.807) is 7.11 Å². The summed E-state index contributed by atoms with van der Waals surface area (Å²) in [5.74, 6) is 0.596. The van der Waals surface area contributed by atoms with Crippen LogP contribution in [-0.4, -0.2) is 48.3 Å². The van der Waals surface area contributed by atoms with Crippen molar-refractivity contribution in [1.82, 2.24) is 4.90 Å². The molecule has 5 heteroatoms. The molecule has 1 amide bonds. The average Bonchev–Trinajstić information content (AvgIpc) is 2.42. The molecular formula is C15H22N2O3. The lowest BCUT2D eigenvalue weighted by atomic mass is 9.94. The second-order valence-corrected chi connectivity index (χ2v) is 5.52. The van der Waals surface area contributed by atoms with Crippen molar-refractivity contribution in [2.45, 2.75) is 25.4 Å². The molecule has 5 nitrogen and oxygen atoms in total. The molecule has 0 saturated carbocycles. The lowest BCUT2D eigenvalue weighted by Gasteiger charge is -2.35. The summed E-state index contributed by atoms with van der Waals surface area (Å²) in [5.41, 5.74) is 0.0966. The highest BCUT2D eigenvalue weighted by Gasteiger charge is 2.28. The molecule has 1 aliphatic rings. The van der Waals surface area contributed by atoms with Gasteiger partial charge in [0.1, 0.15) is 5.75 Å². The Hall–Kier alpha value is -1.59. The van der Waals surface area contributed by atoms with Crippen LogP contribution in [0.2, 0.25) is 0 Å². The monoisotopic (exact) mass is 278 g/mol. The van der Waals surface area contributed by atoms with Crippen LogP contribution in [0.15, 0.2) is 24.3 Å². The summed E-state index contributed by atoms with van der Waals surface area (Å²) in [6, 6.07) is 7.35. The van der Waals surface area contributed by atoms with E-state index >= 15 is 0 Å². The van der Waals surface area contributed by atoms with Gasteiger partial charge in [-0.2, -0.15) is 0 Å². The molecule has 0 aromatic heterocycles. The molecule has 2 N–H and O–H groups in total. The molecule has 1 aromatic rings. The number of carbonyl (C=O) groups excluding carboxylic acids is 1. The number of piperidine rings is 1. The van der Waals surface area contributed by atoms with Gasteiger partial charge in [0.2, 0.25) is 5.91 Å². The van der Waals surface area contributed by atoms with E-state index in [0.717, 1.165) is 13.1 Å². The van der Waals surface area contributed by atoms with Gasteiger partial charge in [-0.05, 0) is 31.9 Å². The number of hydrogen-bond donors (Lipinski definition) is 2. The Balaban J connectivity index is 1.87. The molecule has 1 aromatic carbocycles. The number of benzene rings is 1. The van der Waals surface area contributed by atoms with Crippen molar-refractivity contribution in [2.75, 3.05) is 32.1 Å². The van der Waals surface area contributed by atoms with Crippen LogP contribution >= 0.6 is 0 Å². The number of hydrogen-bond acceptors (Lipinski definition) is 4. The second kappa shape index (κ2) is 6.24. The zero-order chi connectivity index (χ0) is 14.6. The van der Waals surface area contributed by atoms with Gasteiger partial charge in [-0.1, -0.05) is 12.1 Å². The maximum absolute atomic E-state index is 12.0. The zero-order valence-electron chi connectivity index (χ0n) is 12.1. The summed E-state index contributed by atoms with van der Waals surface area (Å²) in [7, 11) is 1.58. The minimum atomic E-state index is -0.588. The Bertz CT molecular complexity index is 464. The maximum Gasteiger partial charge on any atom is 0.238 e. The largest absolute Gasteiger partial charge is 0.495 e. The second-order valence-electron chi connectivity index (χ2n) is 5.52. The fraction of sp³-hybridized carbons (Fsp3) is 0.533. The predicted octanol–water partition coefficient (Wildman–Crippen LogP) is 1.48. The van der Waals surface area contributed by atoms with Crippen molar-refractivity contribution in [3.63, 3.8) is 0 Å². The Kier molecular flexibility index (Phi) is 4.62.